The number of amides is 2. The van der Waals surface area contributed by atoms with Gasteiger partial charge in [0.1, 0.15) is 12.7 Å². The molecule has 1 aromatic carbocycles. The number of aryl methyl sites for hydroxylation is 1. The second kappa shape index (κ2) is 5.21. The van der Waals surface area contributed by atoms with Crippen molar-refractivity contribution in [1.82, 2.24) is 9.80 Å². The van der Waals surface area contributed by atoms with Gasteiger partial charge in [-0.1, -0.05) is 30.3 Å². The Labute approximate surface area is 107 Å². The van der Waals surface area contributed by atoms with Crippen LogP contribution >= 0.6 is 0 Å². The lowest BCUT2D eigenvalue weighted by Gasteiger charge is -2.26. The number of carbonyl (C=O) groups excluding carboxylic acids is 2. The minimum atomic E-state index is -0.102. The number of rotatable bonds is 3. The van der Waals surface area contributed by atoms with E-state index < -0.39 is 0 Å². The second-order valence-electron chi connectivity index (χ2n) is 4.66. The predicted molar refractivity (Wildman–Crippen MR) is 68.7 cm³/mol. The van der Waals surface area contributed by atoms with Gasteiger partial charge in [0.15, 0.2) is 0 Å². The summed E-state index contributed by atoms with van der Waals surface area (Å²) in [6.45, 7) is 1.73. The molecule has 0 aromatic heterocycles. The Morgan fingerprint density at radius 2 is 2.00 bits per heavy atom. The average Bonchev–Trinajstić information content (AvgIpc) is 2.65. The molecule has 0 bridgehead atoms. The molecule has 1 aromatic rings. The van der Waals surface area contributed by atoms with Crippen molar-refractivity contribution < 1.29 is 9.59 Å². The molecule has 0 N–H and O–H groups in total. The minimum absolute atomic E-state index is 0.0169. The maximum absolute atomic E-state index is 11.6. The van der Waals surface area contributed by atoms with Crippen LogP contribution in [0.3, 0.4) is 0 Å². The Kier molecular flexibility index (Phi) is 3.65. The fourth-order valence-electron chi connectivity index (χ4n) is 2.35. The van der Waals surface area contributed by atoms with Gasteiger partial charge >= 0.3 is 0 Å². The van der Waals surface area contributed by atoms with Crippen LogP contribution in [-0.4, -0.2) is 41.4 Å². The average molecular weight is 246 g/mol. The summed E-state index contributed by atoms with van der Waals surface area (Å²) in [5, 5.41) is 0. The molecule has 0 saturated carbocycles. The molecule has 18 heavy (non-hydrogen) atoms. The number of hydrogen-bond acceptors (Lipinski definition) is 2. The topological polar surface area (TPSA) is 40.6 Å². The Morgan fingerprint density at radius 3 is 2.61 bits per heavy atom. The lowest BCUT2D eigenvalue weighted by atomic mass is 10.1. The summed E-state index contributed by atoms with van der Waals surface area (Å²) in [6, 6.07) is 10.1. The van der Waals surface area contributed by atoms with Crippen LogP contribution in [0.1, 0.15) is 18.9 Å². The molecule has 0 spiro atoms. The Hall–Kier alpha value is -1.84. The fourth-order valence-corrected chi connectivity index (χ4v) is 2.35. The third kappa shape index (κ3) is 2.53. The highest BCUT2D eigenvalue weighted by Crippen LogP contribution is 2.19. The van der Waals surface area contributed by atoms with Crippen LogP contribution in [-0.2, 0) is 16.0 Å². The molecule has 1 heterocycles. The SMILES string of the molecule is CC(=O)N1CC(=O)N(C)C1CCc1ccccc1. The van der Waals surface area contributed by atoms with Gasteiger partial charge in [0.2, 0.25) is 11.8 Å². The second-order valence-corrected chi connectivity index (χ2v) is 4.66. The van der Waals surface area contributed by atoms with Crippen LogP contribution in [0.25, 0.3) is 0 Å². The smallest absolute Gasteiger partial charge is 0.243 e. The molecule has 96 valence electrons. The van der Waals surface area contributed by atoms with Crippen LogP contribution < -0.4 is 0 Å². The van der Waals surface area contributed by atoms with Crippen LogP contribution in [0.4, 0.5) is 0 Å². The summed E-state index contributed by atoms with van der Waals surface area (Å²) < 4.78 is 0. The van der Waals surface area contributed by atoms with E-state index in [0.717, 1.165) is 12.8 Å². The molecule has 4 nitrogen and oxygen atoms in total. The number of nitrogens with zero attached hydrogens (tertiary/aromatic N) is 2. The number of likely N-dealkylation sites (N-methyl/N-ethyl adjacent to an activating group) is 1. The number of hydrogen-bond donors (Lipinski definition) is 0. The van der Waals surface area contributed by atoms with Crippen molar-refractivity contribution in [2.24, 2.45) is 0 Å². The van der Waals surface area contributed by atoms with Crippen molar-refractivity contribution in [3.8, 4) is 0 Å². The standard InChI is InChI=1S/C14H18N2O2/c1-11(17)16-10-14(18)15(2)13(16)9-8-12-6-4-3-5-7-12/h3-7,13H,8-10H2,1-2H3. The fraction of sp³-hybridized carbons (Fsp3) is 0.429. The van der Waals surface area contributed by atoms with Crippen molar-refractivity contribution in [3.05, 3.63) is 35.9 Å². The molecular formula is C14H18N2O2. The largest absolute Gasteiger partial charge is 0.324 e. The molecule has 1 fully saturated rings. The number of benzene rings is 1. The zero-order valence-corrected chi connectivity index (χ0v) is 10.8. The highest BCUT2D eigenvalue weighted by atomic mass is 16.2. The van der Waals surface area contributed by atoms with E-state index in [0.29, 0.717) is 0 Å². The molecule has 4 heteroatoms. The summed E-state index contributed by atoms with van der Waals surface area (Å²) in [5.41, 5.74) is 1.23. The van der Waals surface area contributed by atoms with Gasteiger partial charge in [0.25, 0.3) is 0 Å². The zero-order valence-electron chi connectivity index (χ0n) is 10.8. The van der Waals surface area contributed by atoms with Crippen molar-refractivity contribution in [2.75, 3.05) is 13.6 Å². The van der Waals surface area contributed by atoms with Gasteiger partial charge in [-0.2, -0.15) is 0 Å². The summed E-state index contributed by atoms with van der Waals surface area (Å²) in [4.78, 5) is 26.5. The van der Waals surface area contributed by atoms with E-state index in [1.807, 2.05) is 18.2 Å². The lowest BCUT2D eigenvalue weighted by molar-refractivity contribution is -0.131. The van der Waals surface area contributed by atoms with Gasteiger partial charge in [-0.15, -0.1) is 0 Å². The van der Waals surface area contributed by atoms with Crippen LogP contribution in [0.15, 0.2) is 30.3 Å². The molecule has 0 radical (unpaired) electrons. The molecule has 2 rings (SSSR count). The van der Waals surface area contributed by atoms with Crippen molar-refractivity contribution in [2.45, 2.75) is 25.9 Å². The molecule has 1 aliphatic heterocycles. The summed E-state index contributed by atoms with van der Waals surface area (Å²) >= 11 is 0. The van der Waals surface area contributed by atoms with Crippen LogP contribution in [0.5, 0.6) is 0 Å². The van der Waals surface area contributed by atoms with Crippen molar-refractivity contribution in [1.29, 1.82) is 0 Å². The zero-order chi connectivity index (χ0) is 13.1. The lowest BCUT2D eigenvalue weighted by Crippen LogP contribution is -2.40. The quantitative estimate of drug-likeness (QED) is 0.805. The molecule has 1 aliphatic rings. The Balaban J connectivity index is 2.02. The predicted octanol–water partition coefficient (Wildman–Crippen LogP) is 1.27. The summed E-state index contributed by atoms with van der Waals surface area (Å²) in [5.74, 6) is -0.0194. The summed E-state index contributed by atoms with van der Waals surface area (Å²) in [7, 11) is 1.76. The van der Waals surface area contributed by atoms with Gasteiger partial charge in [0.05, 0.1) is 0 Å². The van der Waals surface area contributed by atoms with Gasteiger partial charge in [-0.3, -0.25) is 9.59 Å². The first-order chi connectivity index (χ1) is 8.59. The normalized spacial score (nSPS) is 19.4. The van der Waals surface area contributed by atoms with Crippen molar-refractivity contribution in [3.63, 3.8) is 0 Å². The van der Waals surface area contributed by atoms with Gasteiger partial charge in [-0.05, 0) is 18.4 Å². The van der Waals surface area contributed by atoms with E-state index in [2.05, 4.69) is 12.1 Å². The first-order valence-electron chi connectivity index (χ1n) is 6.16. The highest BCUT2D eigenvalue weighted by Gasteiger charge is 2.36. The maximum atomic E-state index is 11.6. The third-order valence-electron chi connectivity index (χ3n) is 3.44. The van der Waals surface area contributed by atoms with Crippen LogP contribution in [0.2, 0.25) is 0 Å². The van der Waals surface area contributed by atoms with Crippen LogP contribution in [0, 0.1) is 0 Å². The maximum Gasteiger partial charge on any atom is 0.243 e. The van der Waals surface area contributed by atoms with Gasteiger partial charge in [-0.25, -0.2) is 0 Å². The third-order valence-corrected chi connectivity index (χ3v) is 3.44. The first kappa shape index (κ1) is 12.6. The van der Waals surface area contributed by atoms with Gasteiger partial charge in [0, 0.05) is 14.0 Å². The monoisotopic (exact) mass is 246 g/mol. The van der Waals surface area contributed by atoms with Gasteiger partial charge < -0.3 is 9.80 Å². The van der Waals surface area contributed by atoms with E-state index in [-0.39, 0.29) is 24.5 Å². The minimum Gasteiger partial charge on any atom is -0.324 e. The Bertz CT molecular complexity index is 444. The molecule has 1 unspecified atom stereocenters. The molecule has 1 saturated heterocycles. The summed E-state index contributed by atoms with van der Waals surface area (Å²) in [6.07, 6.45) is 1.55. The molecule has 2 amide bonds. The Morgan fingerprint density at radius 1 is 1.33 bits per heavy atom. The van der Waals surface area contributed by atoms with E-state index in [9.17, 15) is 9.59 Å². The molecular weight excluding hydrogens is 228 g/mol. The molecule has 0 aliphatic carbocycles. The number of carbonyl (C=O) groups is 2. The highest BCUT2D eigenvalue weighted by molar-refractivity contribution is 5.87. The van der Waals surface area contributed by atoms with E-state index in [1.54, 1.807) is 16.8 Å². The molecule has 1 atom stereocenters. The van der Waals surface area contributed by atoms with Crippen molar-refractivity contribution >= 4 is 11.8 Å². The van der Waals surface area contributed by atoms with E-state index in [4.69, 9.17) is 0 Å². The van der Waals surface area contributed by atoms with E-state index in [1.165, 1.54) is 12.5 Å². The first-order valence-corrected chi connectivity index (χ1v) is 6.16. The van der Waals surface area contributed by atoms with E-state index >= 15 is 0 Å².